The highest BCUT2D eigenvalue weighted by Gasteiger charge is 2.35. The van der Waals surface area contributed by atoms with E-state index in [0.717, 1.165) is 48.7 Å². The second-order valence-electron chi connectivity index (χ2n) is 9.39. The highest BCUT2D eigenvalue weighted by molar-refractivity contribution is 7.08. The van der Waals surface area contributed by atoms with Crippen LogP contribution >= 0.6 is 11.3 Å². The van der Waals surface area contributed by atoms with Crippen molar-refractivity contribution in [3.8, 4) is 0 Å². The molecule has 1 saturated carbocycles. The van der Waals surface area contributed by atoms with E-state index in [1.807, 2.05) is 18.2 Å². The zero-order chi connectivity index (χ0) is 24.3. The third-order valence-corrected chi connectivity index (χ3v) is 7.43. The monoisotopic (exact) mass is 497 g/mol. The number of fused-ring (bicyclic) bond motifs is 1. The summed E-state index contributed by atoms with van der Waals surface area (Å²) in [6, 6.07) is 10.1. The van der Waals surface area contributed by atoms with Crippen LogP contribution in [-0.2, 0) is 25.9 Å². The van der Waals surface area contributed by atoms with Gasteiger partial charge >= 0.3 is 0 Å². The Bertz CT molecular complexity index is 1390. The highest BCUT2D eigenvalue weighted by Crippen LogP contribution is 2.48. The van der Waals surface area contributed by atoms with Crippen LogP contribution in [0.5, 0.6) is 0 Å². The lowest BCUT2D eigenvalue weighted by molar-refractivity contribution is 0.0945. The Morgan fingerprint density at radius 1 is 1.11 bits per heavy atom. The van der Waals surface area contributed by atoms with E-state index in [0.29, 0.717) is 18.8 Å². The molecule has 6 rings (SSSR count). The molecule has 0 bridgehead atoms. The Labute approximate surface area is 213 Å². The molecule has 0 aromatic carbocycles. The molecule has 0 atom stereocenters. The van der Waals surface area contributed by atoms with Crippen LogP contribution in [-0.4, -0.2) is 36.1 Å². The Morgan fingerprint density at radius 3 is 2.86 bits per heavy atom. The molecule has 1 N–H and O–H groups in total. The lowest BCUT2D eigenvalue weighted by atomic mass is 9.98. The van der Waals surface area contributed by atoms with Gasteiger partial charge in [0.1, 0.15) is 0 Å². The Morgan fingerprint density at radius 2 is 2.06 bits per heavy atom. The summed E-state index contributed by atoms with van der Waals surface area (Å²) in [6.45, 7) is 1.06. The largest absolute Gasteiger partial charge is 0.345 e. The molecule has 1 fully saturated rings. The third-order valence-electron chi connectivity index (χ3n) is 6.75. The summed E-state index contributed by atoms with van der Waals surface area (Å²) in [5.41, 5.74) is 8.83. The summed E-state index contributed by atoms with van der Waals surface area (Å²) < 4.78 is 1.73. The molecule has 0 unspecified atom stereocenters. The number of thiophene rings is 1. The fraction of sp³-hybridized carbons (Fsp3) is 0.333. The van der Waals surface area contributed by atoms with Crippen molar-refractivity contribution in [2.45, 2.75) is 51.6 Å². The minimum Gasteiger partial charge on any atom is -0.345 e. The van der Waals surface area contributed by atoms with Crippen molar-refractivity contribution < 1.29 is 4.79 Å². The van der Waals surface area contributed by atoms with Crippen molar-refractivity contribution in [1.29, 1.82) is 0 Å². The average Bonchev–Trinajstić information content (AvgIpc) is 3.28. The maximum Gasteiger partial charge on any atom is 0.273 e. The van der Waals surface area contributed by atoms with Gasteiger partial charge in [0.25, 0.3) is 5.91 Å². The van der Waals surface area contributed by atoms with Gasteiger partial charge in [-0.15, -0.1) is 5.10 Å². The molecule has 4 aromatic heterocycles. The van der Waals surface area contributed by atoms with E-state index < -0.39 is 0 Å². The second kappa shape index (κ2) is 10.1. The van der Waals surface area contributed by atoms with E-state index >= 15 is 0 Å². The van der Waals surface area contributed by atoms with Crippen LogP contribution in [0.4, 0.5) is 0 Å². The first-order chi connectivity index (χ1) is 17.7. The average molecular weight is 498 g/mol. The molecule has 4 aromatic rings. The molecule has 2 aliphatic rings. The van der Waals surface area contributed by atoms with Crippen LogP contribution in [0.25, 0.3) is 5.57 Å². The predicted molar refractivity (Wildman–Crippen MR) is 137 cm³/mol. The molecule has 0 spiro atoms. The molecule has 1 amide bonds. The SMILES string of the molecule is O=C(NCc1ccccn1)c1cn(CCCCc2cc3c(nn2)CC(C2CC2)=C3c2ccsc2)nn1. The number of hydrogen-bond donors (Lipinski definition) is 1. The normalized spacial score (nSPS) is 14.8. The van der Waals surface area contributed by atoms with Crippen LogP contribution in [0, 0.1) is 5.92 Å². The molecule has 0 radical (unpaired) electrons. The number of aryl methyl sites for hydroxylation is 2. The zero-order valence-electron chi connectivity index (χ0n) is 19.9. The minimum atomic E-state index is -0.250. The number of aromatic nitrogens is 6. The van der Waals surface area contributed by atoms with Crippen LogP contribution in [0.3, 0.4) is 0 Å². The van der Waals surface area contributed by atoms with E-state index in [1.165, 1.54) is 29.5 Å². The maximum absolute atomic E-state index is 12.3. The van der Waals surface area contributed by atoms with Crippen molar-refractivity contribution in [2.75, 3.05) is 0 Å². The van der Waals surface area contributed by atoms with Crippen LogP contribution in [0.1, 0.15) is 64.4 Å². The van der Waals surface area contributed by atoms with Gasteiger partial charge in [-0.2, -0.15) is 21.5 Å². The summed E-state index contributed by atoms with van der Waals surface area (Å²) in [5, 5.41) is 24.5. The number of unbranched alkanes of at least 4 members (excludes halogenated alkanes) is 1. The van der Waals surface area contributed by atoms with Crippen LogP contribution < -0.4 is 5.32 Å². The van der Waals surface area contributed by atoms with E-state index in [4.69, 9.17) is 0 Å². The number of amides is 1. The van der Waals surface area contributed by atoms with Crippen LogP contribution in [0.15, 0.2) is 59.1 Å². The summed E-state index contributed by atoms with van der Waals surface area (Å²) in [4.78, 5) is 16.6. The zero-order valence-corrected chi connectivity index (χ0v) is 20.7. The maximum atomic E-state index is 12.3. The Hall–Kier alpha value is -3.72. The van der Waals surface area contributed by atoms with Gasteiger partial charge in [-0.3, -0.25) is 14.5 Å². The van der Waals surface area contributed by atoms with Crippen molar-refractivity contribution in [1.82, 2.24) is 35.5 Å². The number of allylic oxidation sites excluding steroid dienone is 1. The first kappa shape index (κ1) is 22.7. The fourth-order valence-corrected chi connectivity index (χ4v) is 5.40. The number of carbonyl (C=O) groups is 1. The first-order valence-corrected chi connectivity index (χ1v) is 13.4. The molecule has 0 saturated heterocycles. The number of hydrogen-bond acceptors (Lipinski definition) is 7. The lowest BCUT2D eigenvalue weighted by Gasteiger charge is -2.07. The number of rotatable bonds is 10. The number of nitrogens with one attached hydrogen (secondary N) is 1. The molecule has 4 heterocycles. The Balaban J connectivity index is 1.03. The predicted octanol–water partition coefficient (Wildman–Crippen LogP) is 4.25. The van der Waals surface area contributed by atoms with Gasteiger partial charge in [-0.25, -0.2) is 0 Å². The van der Waals surface area contributed by atoms with Gasteiger partial charge in [-0.1, -0.05) is 16.9 Å². The molecule has 9 heteroatoms. The summed E-state index contributed by atoms with van der Waals surface area (Å²) in [7, 11) is 0. The van der Waals surface area contributed by atoms with Crippen molar-refractivity contribution >= 4 is 22.8 Å². The molecule has 0 aliphatic heterocycles. The standard InChI is InChI=1S/C27H27N7OS/c35-27(29-15-21-6-1-3-10-28-21)25-16-34(33-32-25)11-4-2-5-20-13-23-24(31-30-20)14-22(18-7-8-18)26(23)19-9-12-36-17-19/h1,3,6,9-10,12-13,16-18H,2,4-5,7-8,11,14-15H2,(H,29,35). The van der Waals surface area contributed by atoms with E-state index in [-0.39, 0.29) is 5.91 Å². The van der Waals surface area contributed by atoms with E-state index in [1.54, 1.807) is 34.0 Å². The second-order valence-corrected chi connectivity index (χ2v) is 10.2. The quantitative estimate of drug-likeness (QED) is 0.329. The van der Waals surface area contributed by atoms with Gasteiger partial charge in [0.2, 0.25) is 0 Å². The molecule has 8 nitrogen and oxygen atoms in total. The fourth-order valence-electron chi connectivity index (χ4n) is 4.75. The lowest BCUT2D eigenvalue weighted by Crippen LogP contribution is -2.23. The van der Waals surface area contributed by atoms with Crippen molar-refractivity contribution in [2.24, 2.45) is 5.92 Å². The number of carbonyl (C=O) groups excluding carboxylic acids is 1. The first-order valence-electron chi connectivity index (χ1n) is 12.4. The van der Waals surface area contributed by atoms with Gasteiger partial charge in [-0.05, 0) is 84.2 Å². The topological polar surface area (TPSA) is 98.5 Å². The van der Waals surface area contributed by atoms with Gasteiger partial charge in [0, 0.05) is 24.7 Å². The van der Waals surface area contributed by atoms with Gasteiger partial charge in [0.05, 0.1) is 29.8 Å². The summed E-state index contributed by atoms with van der Waals surface area (Å²) >= 11 is 1.75. The van der Waals surface area contributed by atoms with Gasteiger partial charge < -0.3 is 5.32 Å². The van der Waals surface area contributed by atoms with Crippen molar-refractivity contribution in [3.63, 3.8) is 0 Å². The number of nitrogens with zero attached hydrogens (tertiary/aromatic N) is 6. The smallest absolute Gasteiger partial charge is 0.273 e. The van der Waals surface area contributed by atoms with E-state index in [2.05, 4.69) is 53.7 Å². The highest BCUT2D eigenvalue weighted by atomic mass is 32.1. The van der Waals surface area contributed by atoms with E-state index in [9.17, 15) is 4.79 Å². The summed E-state index contributed by atoms with van der Waals surface area (Å²) in [5.74, 6) is 0.475. The third kappa shape index (κ3) is 4.97. The minimum absolute atomic E-state index is 0.250. The molecule has 2 aliphatic carbocycles. The summed E-state index contributed by atoms with van der Waals surface area (Å²) in [6.07, 6.45) is 9.68. The molecular formula is C27H27N7OS. The Kier molecular flexibility index (Phi) is 6.38. The van der Waals surface area contributed by atoms with Crippen molar-refractivity contribution in [3.05, 3.63) is 93.0 Å². The van der Waals surface area contributed by atoms with Gasteiger partial charge in [0.15, 0.2) is 5.69 Å². The molecular weight excluding hydrogens is 470 g/mol. The molecule has 36 heavy (non-hydrogen) atoms. The van der Waals surface area contributed by atoms with Crippen LogP contribution in [0.2, 0.25) is 0 Å². The molecule has 182 valence electrons. The number of pyridine rings is 1.